The van der Waals surface area contributed by atoms with Crippen molar-refractivity contribution >= 4 is 8.38 Å². The second kappa shape index (κ2) is 9.18. The Morgan fingerprint density at radius 1 is 0.771 bits per heavy atom. The first-order valence-corrected chi connectivity index (χ1v) is 14.5. The minimum absolute atomic E-state index is 0.00335. The third-order valence-electron chi connectivity index (χ3n) is 7.50. The van der Waals surface area contributed by atoms with E-state index in [4.69, 9.17) is 9.05 Å². The van der Waals surface area contributed by atoms with Gasteiger partial charge in [0.25, 0.3) is 0 Å². The minimum atomic E-state index is -1.16. The van der Waals surface area contributed by atoms with Gasteiger partial charge in [-0.15, -0.1) is 0 Å². The van der Waals surface area contributed by atoms with Gasteiger partial charge in [-0.05, 0) is 70.4 Å². The molecule has 0 fully saturated rings. The van der Waals surface area contributed by atoms with E-state index in [9.17, 15) is 0 Å². The summed E-state index contributed by atoms with van der Waals surface area (Å²) < 4.78 is 13.5. The lowest BCUT2D eigenvalue weighted by Crippen LogP contribution is -2.40. The average molecular weight is 497 g/mol. The summed E-state index contributed by atoms with van der Waals surface area (Å²) in [5, 5.41) is 0. The van der Waals surface area contributed by atoms with Crippen molar-refractivity contribution in [2.24, 2.45) is 0 Å². The fourth-order valence-electron chi connectivity index (χ4n) is 5.18. The van der Waals surface area contributed by atoms with Crippen molar-refractivity contribution in [2.45, 2.75) is 124 Å². The summed E-state index contributed by atoms with van der Waals surface area (Å²) in [6.07, 6.45) is 0. The topological polar surface area (TPSA) is 18.5 Å². The van der Waals surface area contributed by atoms with Gasteiger partial charge in [0.15, 0.2) is 0 Å². The van der Waals surface area contributed by atoms with Gasteiger partial charge < -0.3 is 9.05 Å². The summed E-state index contributed by atoms with van der Waals surface area (Å²) in [7, 11) is -1.16. The van der Waals surface area contributed by atoms with Gasteiger partial charge in [-0.3, -0.25) is 0 Å². The van der Waals surface area contributed by atoms with Gasteiger partial charge in [-0.25, -0.2) is 0 Å². The maximum atomic E-state index is 7.00. The van der Waals surface area contributed by atoms with Crippen LogP contribution in [-0.4, -0.2) is 6.61 Å². The molecule has 35 heavy (non-hydrogen) atoms. The molecule has 0 spiro atoms. The van der Waals surface area contributed by atoms with E-state index in [-0.39, 0.29) is 27.3 Å². The summed E-state index contributed by atoms with van der Waals surface area (Å²) in [4.78, 5) is 0. The van der Waals surface area contributed by atoms with Crippen LogP contribution >= 0.6 is 8.38 Å². The normalized spacial score (nSPS) is 18.6. The molecule has 0 bridgehead atoms. The molecule has 0 heterocycles. The van der Waals surface area contributed by atoms with Gasteiger partial charge in [-0.1, -0.05) is 100 Å². The second-order valence-corrected chi connectivity index (χ2v) is 15.6. The quantitative estimate of drug-likeness (QED) is 0.383. The molecule has 2 aromatic carbocycles. The first-order chi connectivity index (χ1) is 15.8. The van der Waals surface area contributed by atoms with Gasteiger partial charge in [0.05, 0.1) is 12.3 Å². The highest BCUT2D eigenvalue weighted by Crippen LogP contribution is 2.69. The molecule has 3 heteroatoms. The van der Waals surface area contributed by atoms with Crippen molar-refractivity contribution in [3.63, 3.8) is 0 Å². The summed E-state index contributed by atoms with van der Waals surface area (Å²) in [6, 6.07) is 9.49. The van der Waals surface area contributed by atoms with Crippen molar-refractivity contribution in [3.05, 3.63) is 63.2 Å². The van der Waals surface area contributed by atoms with Crippen LogP contribution in [0.25, 0.3) is 0 Å². The fraction of sp³-hybridized carbons (Fsp3) is 0.625. The highest BCUT2D eigenvalue weighted by atomic mass is 31.2. The van der Waals surface area contributed by atoms with Crippen LogP contribution in [-0.2, 0) is 26.2 Å². The van der Waals surface area contributed by atoms with Crippen molar-refractivity contribution in [2.75, 3.05) is 6.61 Å². The zero-order valence-corrected chi connectivity index (χ0v) is 25.8. The van der Waals surface area contributed by atoms with Crippen molar-refractivity contribution < 1.29 is 9.05 Å². The van der Waals surface area contributed by atoms with E-state index in [2.05, 4.69) is 121 Å². The molecule has 194 valence electrons. The zero-order chi connectivity index (χ0) is 26.7. The Morgan fingerprint density at radius 3 is 1.77 bits per heavy atom. The Kier molecular flexibility index (Phi) is 7.40. The molecule has 2 unspecified atom stereocenters. The zero-order valence-electron chi connectivity index (χ0n) is 24.9. The summed E-state index contributed by atoms with van der Waals surface area (Å²) >= 11 is 0. The predicted molar refractivity (Wildman–Crippen MR) is 153 cm³/mol. The fourth-order valence-corrected chi connectivity index (χ4v) is 7.39. The average Bonchev–Trinajstić information content (AvgIpc) is 2.67. The molecule has 2 aromatic rings. The summed E-state index contributed by atoms with van der Waals surface area (Å²) in [5.41, 5.74) is 9.93. The molecule has 0 amide bonds. The molecule has 0 radical (unpaired) electrons. The largest absolute Gasteiger partial charge is 0.446 e. The molecule has 1 aliphatic carbocycles. The van der Waals surface area contributed by atoms with E-state index in [1.807, 2.05) is 0 Å². The van der Waals surface area contributed by atoms with Gasteiger partial charge in [0.1, 0.15) is 5.75 Å². The van der Waals surface area contributed by atoms with E-state index in [1.54, 1.807) is 0 Å². The van der Waals surface area contributed by atoms with Crippen molar-refractivity contribution in [1.29, 1.82) is 0 Å². The second-order valence-electron chi connectivity index (χ2n) is 14.1. The number of hydrogen-bond donors (Lipinski definition) is 0. The Hall–Kier alpha value is -1.37. The number of aryl methyl sites for hydroxylation is 2. The first kappa shape index (κ1) is 28.2. The lowest BCUT2D eigenvalue weighted by atomic mass is 9.63. The number of rotatable bonds is 5. The van der Waals surface area contributed by atoms with Gasteiger partial charge in [0.2, 0.25) is 8.38 Å². The van der Waals surface area contributed by atoms with Crippen molar-refractivity contribution in [3.8, 4) is 5.75 Å². The number of hydrogen-bond acceptors (Lipinski definition) is 2. The Labute approximate surface area is 217 Å². The third kappa shape index (κ3) is 5.35. The monoisotopic (exact) mass is 496 g/mol. The van der Waals surface area contributed by atoms with Crippen LogP contribution in [0.4, 0.5) is 0 Å². The first-order valence-electron chi connectivity index (χ1n) is 13.2. The highest BCUT2D eigenvalue weighted by Gasteiger charge is 2.52. The maximum absolute atomic E-state index is 7.00. The van der Waals surface area contributed by atoms with Gasteiger partial charge >= 0.3 is 0 Å². The Bertz CT molecular complexity index is 1090. The molecule has 0 aromatic heterocycles. The molecule has 2 nitrogen and oxygen atoms in total. The predicted octanol–water partition coefficient (Wildman–Crippen LogP) is 9.96. The van der Waals surface area contributed by atoms with Crippen LogP contribution in [0.15, 0.2) is 24.3 Å². The van der Waals surface area contributed by atoms with Crippen LogP contribution in [0.3, 0.4) is 0 Å². The highest BCUT2D eigenvalue weighted by molar-refractivity contribution is 7.48. The third-order valence-corrected chi connectivity index (χ3v) is 9.70. The molecular formula is C32H49O2P. The molecule has 0 N–H and O–H groups in total. The lowest BCUT2D eigenvalue weighted by Gasteiger charge is -2.50. The van der Waals surface area contributed by atoms with Crippen LogP contribution in [0, 0.1) is 13.8 Å². The van der Waals surface area contributed by atoms with E-state index in [0.717, 1.165) is 5.75 Å². The number of fused-ring (bicyclic) bond motifs is 1. The van der Waals surface area contributed by atoms with Crippen molar-refractivity contribution in [1.82, 2.24) is 0 Å². The molecule has 0 saturated carbocycles. The molecule has 3 rings (SSSR count). The van der Waals surface area contributed by atoms with E-state index in [0.29, 0.717) is 6.61 Å². The molecular weight excluding hydrogens is 447 g/mol. The van der Waals surface area contributed by atoms with Crippen LogP contribution in [0.1, 0.15) is 128 Å². The SMILES string of the molecule is CCOP(Oc1c(C)cc(C(C)(C)C)cc1C(C)(C)C)C1c2c(C)cc(C(C)(C)C)cc2C1(C)C. The van der Waals surface area contributed by atoms with Crippen LogP contribution in [0.5, 0.6) is 5.75 Å². The Morgan fingerprint density at radius 2 is 1.29 bits per heavy atom. The number of benzene rings is 2. The van der Waals surface area contributed by atoms with E-state index < -0.39 is 8.38 Å². The smallest absolute Gasteiger partial charge is 0.238 e. The Balaban J connectivity index is 2.12. The molecule has 2 atom stereocenters. The van der Waals surface area contributed by atoms with Gasteiger partial charge in [-0.2, -0.15) is 0 Å². The van der Waals surface area contributed by atoms with Crippen LogP contribution in [0.2, 0.25) is 0 Å². The molecule has 0 aliphatic heterocycles. The van der Waals surface area contributed by atoms with E-state index >= 15 is 0 Å². The van der Waals surface area contributed by atoms with E-state index in [1.165, 1.54) is 38.9 Å². The standard InChI is InChI=1S/C32H49O2P/c1-15-33-35(28-26-20(2)16-22(29(4,5)6)18-24(26)32(28,13)14)34-27-21(3)17-23(30(7,8)9)19-25(27)31(10,11)12/h16-19,28H,15H2,1-14H3. The summed E-state index contributed by atoms with van der Waals surface area (Å²) in [6.45, 7) is 32.5. The molecule has 1 aliphatic rings. The molecule has 0 saturated heterocycles. The maximum Gasteiger partial charge on any atom is 0.238 e. The lowest BCUT2D eigenvalue weighted by molar-refractivity contribution is 0.295. The minimum Gasteiger partial charge on any atom is -0.446 e. The van der Waals surface area contributed by atoms with Crippen LogP contribution < -0.4 is 4.52 Å². The summed E-state index contributed by atoms with van der Waals surface area (Å²) in [5.74, 6) is 1.01. The van der Waals surface area contributed by atoms with Gasteiger partial charge in [0, 0.05) is 11.0 Å².